The Morgan fingerprint density at radius 2 is 0.676 bits per heavy atom. The lowest BCUT2D eigenvalue weighted by Gasteiger charge is -2.24. The maximum Gasteiger partial charge on any atom is 0.225 e. The average Bonchev–Trinajstić information content (AvgIpc) is 2.83. The number of nitrogens with zero attached hydrogens (tertiary/aromatic N) is 1. The summed E-state index contributed by atoms with van der Waals surface area (Å²) in [6.45, 7) is 10.6. The van der Waals surface area contributed by atoms with Gasteiger partial charge in [0, 0.05) is 19.0 Å². The van der Waals surface area contributed by atoms with Gasteiger partial charge in [0.05, 0.1) is 0 Å². The fraction of sp³-hybridized carbons (Fsp3) is 0.969. The number of amides is 1. The largest absolute Gasteiger partial charge is 0.342 e. The Labute approximate surface area is 216 Å². The Balaban J connectivity index is 3.68. The van der Waals surface area contributed by atoms with E-state index in [-0.39, 0.29) is 5.92 Å². The van der Waals surface area contributed by atoms with Crippen LogP contribution in [-0.2, 0) is 4.79 Å². The van der Waals surface area contributed by atoms with E-state index in [1.165, 1.54) is 154 Å². The van der Waals surface area contributed by atoms with Gasteiger partial charge in [-0.1, -0.05) is 169 Å². The molecule has 0 aliphatic rings. The van der Waals surface area contributed by atoms with Crippen LogP contribution in [0.2, 0.25) is 0 Å². The zero-order valence-electron chi connectivity index (χ0n) is 24.3. The lowest BCUT2D eigenvalue weighted by Crippen LogP contribution is -2.36. The van der Waals surface area contributed by atoms with Crippen molar-refractivity contribution in [3.05, 3.63) is 0 Å². The molecule has 0 aromatic heterocycles. The molecule has 2 heteroatoms. The van der Waals surface area contributed by atoms with Gasteiger partial charge < -0.3 is 4.90 Å². The normalized spacial score (nSPS) is 11.4. The monoisotopic (exact) mass is 480 g/mol. The Morgan fingerprint density at radius 3 is 0.912 bits per heavy atom. The highest BCUT2D eigenvalue weighted by Gasteiger charge is 2.16. The van der Waals surface area contributed by atoms with Crippen LogP contribution in [0.5, 0.6) is 0 Å². The molecule has 0 unspecified atom stereocenters. The lowest BCUT2D eigenvalue weighted by atomic mass is 10.0. The fourth-order valence-corrected chi connectivity index (χ4v) is 4.98. The molecule has 0 radical (unpaired) electrons. The summed E-state index contributed by atoms with van der Waals surface area (Å²) in [7, 11) is 0. The van der Waals surface area contributed by atoms with Crippen molar-refractivity contribution < 1.29 is 4.79 Å². The van der Waals surface area contributed by atoms with Gasteiger partial charge >= 0.3 is 0 Å². The Bertz CT molecular complexity index is 378. The molecule has 2 nitrogen and oxygen atoms in total. The summed E-state index contributed by atoms with van der Waals surface area (Å²) in [5, 5.41) is 0. The minimum atomic E-state index is 0.134. The van der Waals surface area contributed by atoms with E-state index >= 15 is 0 Å². The summed E-state index contributed by atoms with van der Waals surface area (Å²) in [6, 6.07) is 0. The zero-order valence-corrected chi connectivity index (χ0v) is 24.3. The van der Waals surface area contributed by atoms with Crippen LogP contribution in [0.1, 0.15) is 182 Å². The molecule has 0 rings (SSSR count). The van der Waals surface area contributed by atoms with Crippen molar-refractivity contribution in [2.75, 3.05) is 13.1 Å². The molecule has 0 aliphatic carbocycles. The quantitative estimate of drug-likeness (QED) is 0.107. The second-order valence-electron chi connectivity index (χ2n) is 11.3. The van der Waals surface area contributed by atoms with Gasteiger partial charge in [-0.25, -0.2) is 0 Å². The predicted molar refractivity (Wildman–Crippen MR) is 154 cm³/mol. The van der Waals surface area contributed by atoms with E-state index in [9.17, 15) is 4.79 Å². The van der Waals surface area contributed by atoms with Crippen LogP contribution in [-0.4, -0.2) is 23.9 Å². The molecule has 1 amide bonds. The van der Waals surface area contributed by atoms with E-state index in [0.717, 1.165) is 13.1 Å². The van der Waals surface area contributed by atoms with Gasteiger partial charge in [0.15, 0.2) is 0 Å². The molecule has 0 spiro atoms. The number of rotatable bonds is 27. The fourth-order valence-electron chi connectivity index (χ4n) is 4.98. The van der Waals surface area contributed by atoms with Gasteiger partial charge in [-0.3, -0.25) is 4.79 Å². The Morgan fingerprint density at radius 1 is 0.441 bits per heavy atom. The molecule has 204 valence electrons. The van der Waals surface area contributed by atoms with Crippen molar-refractivity contribution in [3.63, 3.8) is 0 Å². The van der Waals surface area contributed by atoms with Gasteiger partial charge in [0.1, 0.15) is 0 Å². The third kappa shape index (κ3) is 23.2. The summed E-state index contributed by atoms with van der Waals surface area (Å²) < 4.78 is 0. The van der Waals surface area contributed by atoms with E-state index < -0.39 is 0 Å². The van der Waals surface area contributed by atoms with Gasteiger partial charge in [-0.05, 0) is 12.8 Å². The SMILES string of the molecule is CCCCCCCCCCCCCCN(CCCCCCCCCCCCCC)C(=O)C(C)C. The number of hydrogen-bond acceptors (Lipinski definition) is 1. The number of hydrogen-bond donors (Lipinski definition) is 0. The van der Waals surface area contributed by atoms with E-state index in [0.29, 0.717) is 5.91 Å². The van der Waals surface area contributed by atoms with E-state index in [2.05, 4.69) is 32.6 Å². The first-order valence-electron chi connectivity index (χ1n) is 15.9. The maximum absolute atomic E-state index is 12.6. The van der Waals surface area contributed by atoms with Crippen molar-refractivity contribution in [3.8, 4) is 0 Å². The zero-order chi connectivity index (χ0) is 25.1. The Kier molecular flexibility index (Phi) is 26.6. The first-order valence-corrected chi connectivity index (χ1v) is 15.9. The predicted octanol–water partition coefficient (Wildman–Crippen LogP) is 10.9. The third-order valence-corrected chi connectivity index (χ3v) is 7.37. The molecule has 34 heavy (non-hydrogen) atoms. The highest BCUT2D eigenvalue weighted by Crippen LogP contribution is 2.15. The van der Waals surface area contributed by atoms with Crippen molar-refractivity contribution >= 4 is 5.91 Å². The van der Waals surface area contributed by atoms with Crippen LogP contribution in [0.4, 0.5) is 0 Å². The first-order chi connectivity index (χ1) is 16.6. The molecule has 0 fully saturated rings. The molecule has 0 saturated carbocycles. The number of carbonyl (C=O) groups excluding carboxylic acids is 1. The Hall–Kier alpha value is -0.530. The maximum atomic E-state index is 12.6. The van der Waals surface area contributed by atoms with Crippen molar-refractivity contribution in [2.24, 2.45) is 5.92 Å². The summed E-state index contributed by atoms with van der Waals surface area (Å²) >= 11 is 0. The van der Waals surface area contributed by atoms with Crippen molar-refractivity contribution in [1.82, 2.24) is 4.90 Å². The minimum absolute atomic E-state index is 0.134. The first kappa shape index (κ1) is 33.5. The van der Waals surface area contributed by atoms with Crippen LogP contribution in [0.3, 0.4) is 0 Å². The molecule has 0 bridgehead atoms. The molecule has 0 heterocycles. The average molecular weight is 480 g/mol. The van der Waals surface area contributed by atoms with Crippen LogP contribution in [0, 0.1) is 5.92 Å². The molecular formula is C32H65NO. The summed E-state index contributed by atoms with van der Waals surface area (Å²) in [5.41, 5.74) is 0. The van der Waals surface area contributed by atoms with E-state index in [1.807, 2.05) is 0 Å². The molecular weight excluding hydrogens is 414 g/mol. The molecule has 0 aromatic carbocycles. The number of carbonyl (C=O) groups is 1. The highest BCUT2D eigenvalue weighted by molar-refractivity contribution is 5.78. The molecule has 0 N–H and O–H groups in total. The third-order valence-electron chi connectivity index (χ3n) is 7.37. The van der Waals surface area contributed by atoms with Crippen LogP contribution in [0.25, 0.3) is 0 Å². The summed E-state index contributed by atoms with van der Waals surface area (Å²) in [5.74, 6) is 0.501. The molecule has 0 aliphatic heterocycles. The van der Waals surface area contributed by atoms with Gasteiger partial charge in [0.25, 0.3) is 0 Å². The highest BCUT2D eigenvalue weighted by atomic mass is 16.2. The standard InChI is InChI=1S/C32H65NO/c1-5-7-9-11-13-15-17-19-21-23-25-27-29-33(32(34)31(3)4)30-28-26-24-22-20-18-16-14-12-10-8-6-2/h31H,5-30H2,1-4H3. The van der Waals surface area contributed by atoms with Crippen LogP contribution >= 0.6 is 0 Å². The van der Waals surface area contributed by atoms with E-state index in [1.54, 1.807) is 0 Å². The molecule has 0 aromatic rings. The minimum Gasteiger partial charge on any atom is -0.342 e. The molecule has 0 saturated heterocycles. The van der Waals surface area contributed by atoms with Gasteiger partial charge in [0.2, 0.25) is 5.91 Å². The summed E-state index contributed by atoms with van der Waals surface area (Å²) in [4.78, 5) is 14.8. The second-order valence-corrected chi connectivity index (χ2v) is 11.3. The summed E-state index contributed by atoms with van der Waals surface area (Å²) in [6.07, 6.45) is 33.0. The van der Waals surface area contributed by atoms with E-state index in [4.69, 9.17) is 0 Å². The lowest BCUT2D eigenvalue weighted by molar-refractivity contribution is -0.134. The number of unbranched alkanes of at least 4 members (excludes halogenated alkanes) is 22. The molecule has 0 atom stereocenters. The van der Waals surface area contributed by atoms with Crippen LogP contribution < -0.4 is 0 Å². The topological polar surface area (TPSA) is 20.3 Å². The van der Waals surface area contributed by atoms with Gasteiger partial charge in [-0.15, -0.1) is 0 Å². The van der Waals surface area contributed by atoms with Gasteiger partial charge in [-0.2, -0.15) is 0 Å². The van der Waals surface area contributed by atoms with Crippen molar-refractivity contribution in [1.29, 1.82) is 0 Å². The smallest absolute Gasteiger partial charge is 0.225 e. The van der Waals surface area contributed by atoms with Crippen molar-refractivity contribution in [2.45, 2.75) is 182 Å². The second kappa shape index (κ2) is 27.1. The van der Waals surface area contributed by atoms with Crippen LogP contribution in [0.15, 0.2) is 0 Å².